The molecule has 0 aromatic carbocycles. The molecule has 3 nitrogen and oxygen atoms in total. The molecule has 0 aliphatic carbocycles. The third kappa shape index (κ3) is 6.36. The lowest BCUT2D eigenvalue weighted by Crippen LogP contribution is -2.43. The van der Waals surface area contributed by atoms with Crippen LogP contribution >= 0.6 is 0 Å². The highest BCUT2D eigenvalue weighted by molar-refractivity contribution is 6.90. The molecule has 1 saturated heterocycles. The third-order valence-electron chi connectivity index (χ3n) is 6.50. The monoisotopic (exact) mass is 393 g/mol. The minimum atomic E-state index is -1.73. The second-order valence-electron chi connectivity index (χ2n) is 9.45. The summed E-state index contributed by atoms with van der Waals surface area (Å²) in [4.78, 5) is 14.6. The molecule has 0 N–H and O–H groups in total. The Morgan fingerprint density at radius 1 is 1.04 bits per heavy atom. The zero-order valence-corrected chi connectivity index (χ0v) is 20.2. The van der Waals surface area contributed by atoms with Crippen molar-refractivity contribution in [2.75, 3.05) is 26.3 Å². The predicted octanol–water partition coefficient (Wildman–Crippen LogP) is 5.65. The quantitative estimate of drug-likeness (QED) is 0.394. The Balaban J connectivity index is 2.98. The van der Waals surface area contributed by atoms with E-state index in [1.165, 1.54) is 0 Å². The standard InChI is InChI=1S/C23H43NO2Si/c1-9-11-23(8,12-10-22(25)24-14-16-26-17-15-24)13-18-27(19(2)3,20(4)5)21(6)7/h19-21H,9-12,14-17H2,1-8H3/t23-/m0/s1. The normalized spacial score (nSPS) is 17.8. The van der Waals surface area contributed by atoms with Gasteiger partial charge in [0.1, 0.15) is 8.07 Å². The third-order valence-corrected chi connectivity index (χ3v) is 12.8. The van der Waals surface area contributed by atoms with Gasteiger partial charge < -0.3 is 9.64 Å². The zero-order valence-electron chi connectivity index (χ0n) is 19.2. The van der Waals surface area contributed by atoms with Crippen molar-refractivity contribution >= 4 is 14.0 Å². The SMILES string of the molecule is CCC[C@](C)(C#C[Si](C(C)C)(C(C)C)C(C)C)CCC(=O)N1CCOCC1. The van der Waals surface area contributed by atoms with Crippen molar-refractivity contribution in [2.45, 2.75) is 97.7 Å². The maximum absolute atomic E-state index is 12.6. The number of hydrogen-bond donors (Lipinski definition) is 0. The summed E-state index contributed by atoms with van der Waals surface area (Å²) in [5.74, 6) is 4.02. The Labute approximate surface area is 169 Å². The Morgan fingerprint density at radius 3 is 2.00 bits per heavy atom. The Kier molecular flexibility index (Phi) is 9.58. The summed E-state index contributed by atoms with van der Waals surface area (Å²) in [5.41, 5.74) is 5.78. The molecule has 1 fully saturated rings. The average Bonchev–Trinajstić information content (AvgIpc) is 2.60. The van der Waals surface area contributed by atoms with Crippen molar-refractivity contribution < 1.29 is 9.53 Å². The van der Waals surface area contributed by atoms with Crippen LogP contribution in [-0.4, -0.2) is 45.2 Å². The number of amides is 1. The van der Waals surface area contributed by atoms with Gasteiger partial charge in [-0.1, -0.05) is 54.9 Å². The van der Waals surface area contributed by atoms with Gasteiger partial charge in [-0.15, -0.1) is 11.5 Å². The van der Waals surface area contributed by atoms with E-state index in [9.17, 15) is 4.79 Å². The van der Waals surface area contributed by atoms with Gasteiger partial charge in [-0.3, -0.25) is 4.79 Å². The van der Waals surface area contributed by atoms with E-state index in [-0.39, 0.29) is 11.3 Å². The van der Waals surface area contributed by atoms with Crippen LogP contribution in [0, 0.1) is 16.9 Å². The van der Waals surface area contributed by atoms with Crippen LogP contribution in [0.2, 0.25) is 16.6 Å². The number of rotatable bonds is 8. The van der Waals surface area contributed by atoms with Gasteiger partial charge in [0.25, 0.3) is 0 Å². The van der Waals surface area contributed by atoms with E-state index in [2.05, 4.69) is 66.9 Å². The smallest absolute Gasteiger partial charge is 0.222 e. The second-order valence-corrected chi connectivity index (χ2v) is 15.0. The molecule has 0 unspecified atom stereocenters. The second kappa shape index (κ2) is 10.7. The van der Waals surface area contributed by atoms with Gasteiger partial charge in [0.2, 0.25) is 5.91 Å². The number of ether oxygens (including phenoxy) is 1. The van der Waals surface area contributed by atoms with Crippen molar-refractivity contribution in [1.29, 1.82) is 0 Å². The summed E-state index contributed by atoms with van der Waals surface area (Å²) in [6, 6.07) is 0. The summed E-state index contributed by atoms with van der Waals surface area (Å²) in [7, 11) is -1.73. The number of carbonyl (C=O) groups is 1. The highest BCUT2D eigenvalue weighted by Crippen LogP contribution is 2.41. The topological polar surface area (TPSA) is 29.5 Å². The Hall–Kier alpha value is -0.793. The summed E-state index contributed by atoms with van der Waals surface area (Å²) in [6.07, 6.45) is 3.64. The number of carbonyl (C=O) groups excluding carboxylic acids is 1. The first-order valence-corrected chi connectivity index (χ1v) is 13.2. The van der Waals surface area contributed by atoms with Crippen LogP contribution in [0.15, 0.2) is 0 Å². The maximum atomic E-state index is 12.6. The molecule has 27 heavy (non-hydrogen) atoms. The van der Waals surface area contributed by atoms with Gasteiger partial charge in [-0.05, 0) is 36.4 Å². The van der Waals surface area contributed by atoms with Gasteiger partial charge >= 0.3 is 0 Å². The van der Waals surface area contributed by atoms with Crippen molar-refractivity contribution in [2.24, 2.45) is 5.41 Å². The van der Waals surface area contributed by atoms with Gasteiger partial charge in [-0.2, -0.15) is 0 Å². The molecule has 0 saturated carbocycles. The summed E-state index contributed by atoms with van der Waals surface area (Å²) < 4.78 is 5.37. The fourth-order valence-corrected chi connectivity index (χ4v) is 10.2. The lowest BCUT2D eigenvalue weighted by Gasteiger charge is -2.38. The molecule has 0 aromatic rings. The molecular formula is C23H43NO2Si. The zero-order chi connectivity index (χ0) is 20.7. The largest absolute Gasteiger partial charge is 0.378 e. The van der Waals surface area contributed by atoms with E-state index in [1.54, 1.807) is 0 Å². The fraction of sp³-hybridized carbons (Fsp3) is 0.870. The summed E-state index contributed by atoms with van der Waals surface area (Å²) >= 11 is 0. The molecular weight excluding hydrogens is 350 g/mol. The van der Waals surface area contributed by atoms with E-state index in [1.807, 2.05) is 4.90 Å². The Morgan fingerprint density at radius 2 is 1.56 bits per heavy atom. The molecule has 4 heteroatoms. The maximum Gasteiger partial charge on any atom is 0.222 e. The molecule has 0 bridgehead atoms. The van der Waals surface area contributed by atoms with E-state index in [0.29, 0.717) is 36.3 Å². The lowest BCUT2D eigenvalue weighted by atomic mass is 9.82. The van der Waals surface area contributed by atoms with E-state index >= 15 is 0 Å². The van der Waals surface area contributed by atoms with Crippen LogP contribution in [0.4, 0.5) is 0 Å². The molecule has 156 valence electrons. The van der Waals surface area contributed by atoms with E-state index < -0.39 is 8.07 Å². The van der Waals surface area contributed by atoms with Crippen LogP contribution in [0.3, 0.4) is 0 Å². The lowest BCUT2D eigenvalue weighted by molar-refractivity contribution is -0.135. The molecule has 1 aliphatic rings. The molecule has 1 heterocycles. The summed E-state index contributed by atoms with van der Waals surface area (Å²) in [5, 5.41) is 0. The molecule has 0 spiro atoms. The average molecular weight is 394 g/mol. The van der Waals surface area contributed by atoms with Gasteiger partial charge in [-0.25, -0.2) is 0 Å². The molecule has 1 aliphatic heterocycles. The number of nitrogens with zero attached hydrogens (tertiary/aromatic N) is 1. The number of hydrogen-bond acceptors (Lipinski definition) is 2. The molecule has 1 rings (SSSR count). The van der Waals surface area contributed by atoms with Crippen molar-refractivity contribution in [3.8, 4) is 11.5 Å². The Bertz CT molecular complexity index is 504. The van der Waals surface area contributed by atoms with Crippen LogP contribution in [0.1, 0.15) is 81.1 Å². The number of morpholine rings is 1. The summed E-state index contributed by atoms with van der Waals surface area (Å²) in [6.45, 7) is 21.5. The van der Waals surface area contributed by atoms with Crippen molar-refractivity contribution in [1.82, 2.24) is 4.90 Å². The molecule has 0 aromatic heterocycles. The first-order chi connectivity index (χ1) is 12.6. The highest BCUT2D eigenvalue weighted by atomic mass is 28.3. The van der Waals surface area contributed by atoms with Crippen LogP contribution in [-0.2, 0) is 9.53 Å². The highest BCUT2D eigenvalue weighted by Gasteiger charge is 2.42. The van der Waals surface area contributed by atoms with Gasteiger partial charge in [0, 0.05) is 24.9 Å². The molecule has 1 amide bonds. The van der Waals surface area contributed by atoms with Crippen LogP contribution in [0.5, 0.6) is 0 Å². The van der Waals surface area contributed by atoms with Crippen LogP contribution < -0.4 is 0 Å². The van der Waals surface area contributed by atoms with E-state index in [0.717, 1.165) is 32.4 Å². The first kappa shape index (κ1) is 24.2. The van der Waals surface area contributed by atoms with Gasteiger partial charge in [0.15, 0.2) is 0 Å². The minimum Gasteiger partial charge on any atom is -0.378 e. The van der Waals surface area contributed by atoms with E-state index in [4.69, 9.17) is 4.74 Å². The van der Waals surface area contributed by atoms with Crippen molar-refractivity contribution in [3.05, 3.63) is 0 Å². The minimum absolute atomic E-state index is 0.0619. The molecule has 0 radical (unpaired) electrons. The predicted molar refractivity (Wildman–Crippen MR) is 118 cm³/mol. The fourth-order valence-electron chi connectivity index (χ4n) is 4.85. The van der Waals surface area contributed by atoms with Gasteiger partial charge in [0.05, 0.1) is 13.2 Å². The van der Waals surface area contributed by atoms with Crippen LogP contribution in [0.25, 0.3) is 0 Å². The first-order valence-electron chi connectivity index (χ1n) is 11.0. The van der Waals surface area contributed by atoms with Crippen molar-refractivity contribution in [3.63, 3.8) is 0 Å². The molecule has 1 atom stereocenters.